The Labute approximate surface area is 107 Å². The Morgan fingerprint density at radius 1 is 1.33 bits per heavy atom. The molecule has 3 rings (SSSR count). The summed E-state index contributed by atoms with van der Waals surface area (Å²) in [5.41, 5.74) is 8.25. The van der Waals surface area contributed by atoms with Crippen molar-refractivity contribution in [3.8, 4) is 22.3 Å². The summed E-state index contributed by atoms with van der Waals surface area (Å²) >= 11 is 1.47. The van der Waals surface area contributed by atoms with Gasteiger partial charge in [-0.05, 0) is 36.1 Å². The summed E-state index contributed by atoms with van der Waals surface area (Å²) in [6, 6.07) is 5.64. The van der Waals surface area contributed by atoms with Crippen molar-refractivity contribution < 1.29 is 4.52 Å². The Balaban J connectivity index is 2.02. The molecule has 6 heteroatoms. The van der Waals surface area contributed by atoms with E-state index in [1.165, 1.54) is 11.3 Å². The second-order valence-corrected chi connectivity index (χ2v) is 4.76. The van der Waals surface area contributed by atoms with Crippen LogP contribution in [0.15, 0.2) is 34.3 Å². The Hall–Kier alpha value is -2.21. The van der Waals surface area contributed by atoms with Crippen molar-refractivity contribution in [2.24, 2.45) is 0 Å². The minimum Gasteiger partial charge on any atom is -0.397 e. The van der Waals surface area contributed by atoms with Gasteiger partial charge in [0, 0.05) is 6.20 Å². The highest BCUT2D eigenvalue weighted by molar-refractivity contribution is 7.14. The van der Waals surface area contributed by atoms with Crippen LogP contribution in [0, 0.1) is 6.92 Å². The van der Waals surface area contributed by atoms with Crippen molar-refractivity contribution in [1.29, 1.82) is 0 Å². The number of rotatable bonds is 2. The summed E-state index contributed by atoms with van der Waals surface area (Å²) in [6.45, 7) is 1.99. The van der Waals surface area contributed by atoms with E-state index < -0.39 is 0 Å². The van der Waals surface area contributed by atoms with E-state index in [1.54, 1.807) is 6.20 Å². The number of aryl methyl sites for hydroxylation is 1. The third kappa shape index (κ3) is 1.86. The lowest BCUT2D eigenvalue weighted by Gasteiger charge is -1.94. The van der Waals surface area contributed by atoms with Crippen molar-refractivity contribution in [1.82, 2.24) is 15.1 Å². The molecule has 0 fully saturated rings. The monoisotopic (exact) mass is 258 g/mol. The molecule has 0 amide bonds. The lowest BCUT2D eigenvalue weighted by atomic mass is 10.2. The van der Waals surface area contributed by atoms with E-state index in [4.69, 9.17) is 10.3 Å². The van der Waals surface area contributed by atoms with Gasteiger partial charge in [0.1, 0.15) is 10.6 Å². The van der Waals surface area contributed by atoms with Crippen LogP contribution in [0.5, 0.6) is 0 Å². The molecule has 3 heterocycles. The molecule has 0 spiro atoms. The molecular weight excluding hydrogens is 248 g/mol. The number of pyridine rings is 1. The molecule has 18 heavy (non-hydrogen) atoms. The first-order chi connectivity index (χ1) is 8.74. The van der Waals surface area contributed by atoms with Gasteiger partial charge in [0.15, 0.2) is 0 Å². The molecule has 0 radical (unpaired) electrons. The van der Waals surface area contributed by atoms with E-state index in [0.29, 0.717) is 23.1 Å². The summed E-state index contributed by atoms with van der Waals surface area (Å²) in [5, 5.41) is 5.82. The van der Waals surface area contributed by atoms with E-state index in [-0.39, 0.29) is 0 Å². The Kier molecular flexibility index (Phi) is 2.56. The van der Waals surface area contributed by atoms with E-state index in [1.807, 2.05) is 30.5 Å². The molecule has 0 aliphatic rings. The van der Waals surface area contributed by atoms with Gasteiger partial charge in [-0.3, -0.25) is 4.98 Å². The molecule has 5 nitrogen and oxygen atoms in total. The maximum Gasteiger partial charge on any atom is 0.270 e. The smallest absolute Gasteiger partial charge is 0.270 e. The summed E-state index contributed by atoms with van der Waals surface area (Å²) in [4.78, 5) is 9.32. The number of nitrogens with two attached hydrogens (primary N) is 1. The largest absolute Gasteiger partial charge is 0.397 e. The van der Waals surface area contributed by atoms with Gasteiger partial charge in [-0.1, -0.05) is 5.16 Å². The topological polar surface area (TPSA) is 77.8 Å². The Morgan fingerprint density at radius 2 is 2.22 bits per heavy atom. The first-order valence-corrected chi connectivity index (χ1v) is 6.22. The van der Waals surface area contributed by atoms with Crippen LogP contribution in [0.4, 0.5) is 5.69 Å². The molecule has 0 bridgehead atoms. The molecular formula is C12H10N4OS. The van der Waals surface area contributed by atoms with Gasteiger partial charge in [-0.15, -0.1) is 11.3 Å². The van der Waals surface area contributed by atoms with E-state index in [2.05, 4.69) is 15.1 Å². The Bertz CT molecular complexity index is 689. The van der Waals surface area contributed by atoms with Crippen LogP contribution in [-0.4, -0.2) is 15.1 Å². The first kappa shape index (κ1) is 10.9. The molecule has 0 atom stereocenters. The Morgan fingerprint density at radius 3 is 2.94 bits per heavy atom. The van der Waals surface area contributed by atoms with Gasteiger partial charge < -0.3 is 10.3 Å². The number of anilines is 1. The third-order valence-corrected chi connectivity index (χ3v) is 3.38. The van der Waals surface area contributed by atoms with Crippen LogP contribution in [-0.2, 0) is 0 Å². The van der Waals surface area contributed by atoms with Crippen LogP contribution in [0.2, 0.25) is 0 Å². The van der Waals surface area contributed by atoms with Gasteiger partial charge in [0.25, 0.3) is 5.89 Å². The van der Waals surface area contributed by atoms with Crippen molar-refractivity contribution in [3.05, 3.63) is 35.3 Å². The lowest BCUT2D eigenvalue weighted by molar-refractivity contribution is 0.433. The van der Waals surface area contributed by atoms with E-state index >= 15 is 0 Å². The van der Waals surface area contributed by atoms with Crippen LogP contribution in [0.1, 0.15) is 5.56 Å². The highest BCUT2D eigenvalue weighted by atomic mass is 32.1. The average Bonchev–Trinajstić information content (AvgIpc) is 2.97. The molecule has 90 valence electrons. The van der Waals surface area contributed by atoms with Crippen LogP contribution >= 0.6 is 11.3 Å². The van der Waals surface area contributed by atoms with Crippen LogP contribution < -0.4 is 5.73 Å². The standard InChI is InChI=1S/C12H10N4OS/c1-7-2-4-14-9(6-7)11-15-12(17-16-11)10-8(13)3-5-18-10/h2-6H,13H2,1H3. The molecule has 3 aromatic heterocycles. The second kappa shape index (κ2) is 4.23. The van der Waals surface area contributed by atoms with Gasteiger partial charge in [0.05, 0.1) is 5.69 Å². The molecule has 0 aliphatic carbocycles. The number of nitrogens with zero attached hydrogens (tertiary/aromatic N) is 3. The minimum atomic E-state index is 0.431. The van der Waals surface area contributed by atoms with Crippen molar-refractivity contribution in [2.45, 2.75) is 6.92 Å². The summed E-state index contributed by atoms with van der Waals surface area (Å²) in [6.07, 6.45) is 1.72. The normalized spacial score (nSPS) is 10.7. The lowest BCUT2D eigenvalue weighted by Crippen LogP contribution is -1.87. The number of hydrogen-bond donors (Lipinski definition) is 1. The van der Waals surface area contributed by atoms with Crippen molar-refractivity contribution >= 4 is 17.0 Å². The zero-order valence-electron chi connectivity index (χ0n) is 9.62. The minimum absolute atomic E-state index is 0.431. The number of hydrogen-bond acceptors (Lipinski definition) is 6. The van der Waals surface area contributed by atoms with E-state index in [0.717, 1.165) is 10.4 Å². The fourth-order valence-corrected chi connectivity index (χ4v) is 2.31. The van der Waals surface area contributed by atoms with Gasteiger partial charge in [-0.2, -0.15) is 4.98 Å². The predicted octanol–water partition coefficient (Wildman–Crippen LogP) is 2.75. The van der Waals surface area contributed by atoms with Crippen LogP contribution in [0.3, 0.4) is 0 Å². The van der Waals surface area contributed by atoms with Gasteiger partial charge in [0.2, 0.25) is 5.82 Å². The van der Waals surface area contributed by atoms with Gasteiger partial charge >= 0.3 is 0 Å². The van der Waals surface area contributed by atoms with E-state index in [9.17, 15) is 0 Å². The summed E-state index contributed by atoms with van der Waals surface area (Å²) in [5.74, 6) is 0.905. The molecule has 0 saturated carbocycles. The van der Waals surface area contributed by atoms with Crippen LogP contribution in [0.25, 0.3) is 22.3 Å². The predicted molar refractivity (Wildman–Crippen MR) is 70.0 cm³/mol. The maximum absolute atomic E-state index is 5.81. The van der Waals surface area contributed by atoms with Crippen molar-refractivity contribution in [3.63, 3.8) is 0 Å². The molecule has 3 aromatic rings. The zero-order valence-corrected chi connectivity index (χ0v) is 10.4. The van der Waals surface area contributed by atoms with Crippen molar-refractivity contribution in [2.75, 3.05) is 5.73 Å². The molecule has 0 saturated heterocycles. The highest BCUT2D eigenvalue weighted by Gasteiger charge is 2.14. The third-order valence-electron chi connectivity index (χ3n) is 2.46. The first-order valence-electron chi connectivity index (χ1n) is 5.34. The molecule has 0 aliphatic heterocycles. The fraction of sp³-hybridized carbons (Fsp3) is 0.0833. The average molecular weight is 258 g/mol. The maximum atomic E-state index is 5.81. The summed E-state index contributed by atoms with van der Waals surface area (Å²) in [7, 11) is 0. The second-order valence-electron chi connectivity index (χ2n) is 3.85. The fourth-order valence-electron chi connectivity index (χ4n) is 1.57. The molecule has 0 aromatic carbocycles. The number of thiophene rings is 1. The van der Waals surface area contributed by atoms with Gasteiger partial charge in [-0.25, -0.2) is 0 Å². The quantitative estimate of drug-likeness (QED) is 0.764. The summed E-state index contributed by atoms with van der Waals surface area (Å²) < 4.78 is 5.21. The highest BCUT2D eigenvalue weighted by Crippen LogP contribution is 2.31. The zero-order chi connectivity index (χ0) is 12.5. The molecule has 2 N–H and O–H groups in total. The SMILES string of the molecule is Cc1ccnc(-c2noc(-c3sccc3N)n2)c1. The number of aromatic nitrogens is 3. The number of nitrogen functional groups attached to an aromatic ring is 1. The molecule has 0 unspecified atom stereocenters.